The molecule has 4 rings (SSSR count). The lowest BCUT2D eigenvalue weighted by Crippen LogP contribution is -2.48. The molecule has 2 aliphatic rings. The minimum atomic E-state index is -0.125. The second-order valence-corrected chi connectivity index (χ2v) is 7.16. The van der Waals surface area contributed by atoms with Crippen LogP contribution in [0.15, 0.2) is 30.3 Å². The third-order valence-electron chi connectivity index (χ3n) is 5.33. The lowest BCUT2D eigenvalue weighted by Gasteiger charge is -2.34. The van der Waals surface area contributed by atoms with E-state index in [1.165, 1.54) is 5.56 Å². The SMILES string of the molecule is COCc1nnc2n1[C@@H](C)CN(C(=O)[C@H]1CC[C@H](c3ccccc3)N1)C2. The van der Waals surface area contributed by atoms with Crippen LogP contribution in [0.1, 0.15) is 49.1 Å². The molecule has 26 heavy (non-hydrogen) atoms. The van der Waals surface area contributed by atoms with Gasteiger partial charge in [0.15, 0.2) is 11.6 Å². The van der Waals surface area contributed by atoms with Crippen molar-refractivity contribution >= 4 is 5.91 Å². The first-order valence-electron chi connectivity index (χ1n) is 9.18. The molecule has 0 aliphatic carbocycles. The van der Waals surface area contributed by atoms with Crippen molar-refractivity contribution in [2.75, 3.05) is 13.7 Å². The number of amides is 1. The summed E-state index contributed by atoms with van der Waals surface area (Å²) < 4.78 is 7.30. The second kappa shape index (κ2) is 7.17. The molecule has 138 valence electrons. The number of rotatable bonds is 4. The summed E-state index contributed by atoms with van der Waals surface area (Å²) >= 11 is 0. The molecule has 1 saturated heterocycles. The Morgan fingerprint density at radius 2 is 2.08 bits per heavy atom. The molecule has 1 aromatic carbocycles. The highest BCUT2D eigenvalue weighted by atomic mass is 16.5. The van der Waals surface area contributed by atoms with Crippen LogP contribution >= 0.6 is 0 Å². The summed E-state index contributed by atoms with van der Waals surface area (Å²) in [6.07, 6.45) is 1.85. The zero-order chi connectivity index (χ0) is 18.1. The van der Waals surface area contributed by atoms with Crippen LogP contribution in [0.5, 0.6) is 0 Å². The Morgan fingerprint density at radius 3 is 2.85 bits per heavy atom. The van der Waals surface area contributed by atoms with E-state index >= 15 is 0 Å². The van der Waals surface area contributed by atoms with Gasteiger partial charge in [-0.2, -0.15) is 0 Å². The maximum Gasteiger partial charge on any atom is 0.240 e. The molecule has 0 bridgehead atoms. The molecule has 2 aliphatic heterocycles. The highest BCUT2D eigenvalue weighted by Gasteiger charge is 2.36. The maximum absolute atomic E-state index is 13.0. The van der Waals surface area contributed by atoms with Crippen molar-refractivity contribution in [1.29, 1.82) is 0 Å². The molecular weight excluding hydrogens is 330 g/mol. The van der Waals surface area contributed by atoms with Crippen LogP contribution in [0.3, 0.4) is 0 Å². The smallest absolute Gasteiger partial charge is 0.240 e. The number of hydrogen-bond donors (Lipinski definition) is 1. The minimum Gasteiger partial charge on any atom is -0.377 e. The molecule has 1 aromatic heterocycles. The largest absolute Gasteiger partial charge is 0.377 e. The Hall–Kier alpha value is -2.25. The molecule has 7 heteroatoms. The topological polar surface area (TPSA) is 72.3 Å². The van der Waals surface area contributed by atoms with Gasteiger partial charge in [0.25, 0.3) is 0 Å². The first-order chi connectivity index (χ1) is 12.7. The van der Waals surface area contributed by atoms with E-state index in [1.807, 2.05) is 23.1 Å². The Labute approximate surface area is 153 Å². The van der Waals surface area contributed by atoms with Gasteiger partial charge in [-0.1, -0.05) is 30.3 Å². The molecule has 2 aromatic rings. The molecule has 3 heterocycles. The molecule has 1 amide bonds. The van der Waals surface area contributed by atoms with Crippen LogP contribution in [-0.4, -0.2) is 45.3 Å². The molecule has 0 spiro atoms. The molecule has 0 radical (unpaired) electrons. The van der Waals surface area contributed by atoms with Gasteiger partial charge in [-0.3, -0.25) is 10.1 Å². The van der Waals surface area contributed by atoms with E-state index < -0.39 is 0 Å². The molecular formula is C19H25N5O2. The Balaban J connectivity index is 1.44. The Morgan fingerprint density at radius 1 is 1.27 bits per heavy atom. The summed E-state index contributed by atoms with van der Waals surface area (Å²) in [5.74, 6) is 1.82. The van der Waals surface area contributed by atoms with Gasteiger partial charge in [-0.25, -0.2) is 0 Å². The highest BCUT2D eigenvalue weighted by Crippen LogP contribution is 2.29. The summed E-state index contributed by atoms with van der Waals surface area (Å²) in [6.45, 7) is 3.72. The van der Waals surface area contributed by atoms with Crippen molar-refractivity contribution in [2.24, 2.45) is 0 Å². The van der Waals surface area contributed by atoms with Gasteiger partial charge in [0.05, 0.1) is 18.6 Å². The van der Waals surface area contributed by atoms with E-state index in [2.05, 4.69) is 39.1 Å². The number of ether oxygens (including phenoxy) is 1. The number of aromatic nitrogens is 3. The first-order valence-corrected chi connectivity index (χ1v) is 9.18. The van der Waals surface area contributed by atoms with Crippen LogP contribution in [0.25, 0.3) is 0 Å². The van der Waals surface area contributed by atoms with E-state index in [1.54, 1.807) is 7.11 Å². The predicted molar refractivity (Wildman–Crippen MR) is 96.2 cm³/mol. The number of carbonyl (C=O) groups excluding carboxylic acids is 1. The molecule has 0 saturated carbocycles. The van der Waals surface area contributed by atoms with E-state index in [0.29, 0.717) is 19.7 Å². The van der Waals surface area contributed by atoms with Gasteiger partial charge in [-0.05, 0) is 25.3 Å². The average molecular weight is 355 g/mol. The molecule has 0 unspecified atom stereocenters. The first kappa shape index (κ1) is 17.2. The van der Waals surface area contributed by atoms with E-state index in [0.717, 1.165) is 24.5 Å². The summed E-state index contributed by atoms with van der Waals surface area (Å²) in [6, 6.07) is 10.6. The predicted octanol–water partition coefficient (Wildman–Crippen LogP) is 1.82. The van der Waals surface area contributed by atoms with E-state index in [9.17, 15) is 4.79 Å². The van der Waals surface area contributed by atoms with Crippen molar-refractivity contribution in [1.82, 2.24) is 25.0 Å². The number of nitrogens with zero attached hydrogens (tertiary/aromatic N) is 4. The monoisotopic (exact) mass is 355 g/mol. The molecule has 3 atom stereocenters. The Kier molecular flexibility index (Phi) is 4.74. The van der Waals surface area contributed by atoms with Gasteiger partial charge in [0.1, 0.15) is 6.61 Å². The van der Waals surface area contributed by atoms with Crippen molar-refractivity contribution in [3.8, 4) is 0 Å². The lowest BCUT2D eigenvalue weighted by molar-refractivity contribution is -0.135. The van der Waals surface area contributed by atoms with Crippen molar-refractivity contribution in [2.45, 2.75) is 51.0 Å². The average Bonchev–Trinajstić information content (AvgIpc) is 3.30. The fraction of sp³-hybridized carbons (Fsp3) is 0.526. The lowest BCUT2D eigenvalue weighted by atomic mass is 10.1. The number of hydrogen-bond acceptors (Lipinski definition) is 5. The molecule has 1 fully saturated rings. The number of fused-ring (bicyclic) bond motifs is 1. The van der Waals surface area contributed by atoms with Crippen molar-refractivity contribution in [3.63, 3.8) is 0 Å². The Bertz CT molecular complexity index is 775. The fourth-order valence-electron chi connectivity index (χ4n) is 4.11. The third kappa shape index (κ3) is 3.12. The summed E-state index contributed by atoms with van der Waals surface area (Å²) in [5.41, 5.74) is 1.25. The van der Waals surface area contributed by atoms with Gasteiger partial charge >= 0.3 is 0 Å². The zero-order valence-electron chi connectivity index (χ0n) is 15.3. The van der Waals surface area contributed by atoms with Gasteiger partial charge < -0.3 is 14.2 Å². The van der Waals surface area contributed by atoms with Gasteiger partial charge in [0.2, 0.25) is 5.91 Å². The van der Waals surface area contributed by atoms with E-state index in [-0.39, 0.29) is 24.0 Å². The van der Waals surface area contributed by atoms with Gasteiger partial charge in [-0.15, -0.1) is 10.2 Å². The van der Waals surface area contributed by atoms with Crippen LogP contribution in [0.4, 0.5) is 0 Å². The number of nitrogens with one attached hydrogen (secondary N) is 1. The maximum atomic E-state index is 13.0. The standard InChI is InChI=1S/C19H25N5O2/c1-13-10-23(11-17-21-22-18(12-26-2)24(13)17)19(25)16-9-8-15(20-16)14-6-4-3-5-7-14/h3-7,13,15-16,20H,8-12H2,1-2H3/t13-,15+,16+/m0/s1. The van der Waals surface area contributed by atoms with E-state index in [4.69, 9.17) is 4.74 Å². The summed E-state index contributed by atoms with van der Waals surface area (Å²) in [7, 11) is 1.65. The summed E-state index contributed by atoms with van der Waals surface area (Å²) in [4.78, 5) is 15.0. The van der Waals surface area contributed by atoms with Crippen LogP contribution in [0.2, 0.25) is 0 Å². The summed E-state index contributed by atoms with van der Waals surface area (Å²) in [5, 5.41) is 12.0. The number of methoxy groups -OCH3 is 1. The zero-order valence-corrected chi connectivity index (χ0v) is 15.3. The molecule has 1 N–H and O–H groups in total. The molecule has 7 nitrogen and oxygen atoms in total. The fourth-order valence-corrected chi connectivity index (χ4v) is 4.11. The third-order valence-corrected chi connectivity index (χ3v) is 5.33. The van der Waals surface area contributed by atoms with Gasteiger partial charge in [0, 0.05) is 19.7 Å². The number of benzene rings is 1. The van der Waals surface area contributed by atoms with Crippen LogP contribution < -0.4 is 5.32 Å². The second-order valence-electron chi connectivity index (χ2n) is 7.16. The van der Waals surface area contributed by atoms with Crippen molar-refractivity contribution < 1.29 is 9.53 Å². The highest BCUT2D eigenvalue weighted by molar-refractivity contribution is 5.82. The number of carbonyl (C=O) groups is 1. The quantitative estimate of drug-likeness (QED) is 0.906. The minimum absolute atomic E-state index is 0.125. The normalized spacial score (nSPS) is 25.3. The van der Waals surface area contributed by atoms with Crippen LogP contribution in [-0.2, 0) is 22.7 Å². The van der Waals surface area contributed by atoms with Crippen LogP contribution in [0, 0.1) is 0 Å². The van der Waals surface area contributed by atoms with Crippen molar-refractivity contribution in [3.05, 3.63) is 47.5 Å².